The van der Waals surface area contributed by atoms with Crippen molar-refractivity contribution in [2.75, 3.05) is 5.73 Å². The molecule has 0 saturated heterocycles. The SMILES string of the molecule is Nc1cc(F)c(OCc2cccc(Br)c2)cc1C(=O)O. The number of rotatable bonds is 4. The molecule has 6 heteroatoms. The van der Waals surface area contributed by atoms with Crippen LogP contribution in [0.2, 0.25) is 0 Å². The number of hydrogen-bond donors (Lipinski definition) is 2. The summed E-state index contributed by atoms with van der Waals surface area (Å²) >= 11 is 3.32. The fourth-order valence-electron chi connectivity index (χ4n) is 1.65. The number of halogens is 2. The molecule has 0 aliphatic heterocycles. The first-order valence-corrected chi connectivity index (χ1v) is 6.46. The lowest BCUT2D eigenvalue weighted by Gasteiger charge is -2.10. The average Bonchev–Trinajstić information content (AvgIpc) is 2.37. The average molecular weight is 340 g/mol. The van der Waals surface area contributed by atoms with Crippen molar-refractivity contribution in [2.45, 2.75) is 6.61 Å². The van der Waals surface area contributed by atoms with Gasteiger partial charge in [-0.2, -0.15) is 0 Å². The smallest absolute Gasteiger partial charge is 0.337 e. The van der Waals surface area contributed by atoms with Crippen LogP contribution in [-0.2, 0) is 6.61 Å². The first-order valence-electron chi connectivity index (χ1n) is 5.67. The van der Waals surface area contributed by atoms with Gasteiger partial charge in [-0.05, 0) is 23.8 Å². The summed E-state index contributed by atoms with van der Waals surface area (Å²) in [6, 6.07) is 9.36. The Hall–Kier alpha value is -2.08. The lowest BCUT2D eigenvalue weighted by molar-refractivity contribution is 0.0697. The highest BCUT2D eigenvalue weighted by Gasteiger charge is 2.14. The van der Waals surface area contributed by atoms with Gasteiger partial charge in [-0.15, -0.1) is 0 Å². The second kappa shape index (κ2) is 5.92. The highest BCUT2D eigenvalue weighted by atomic mass is 79.9. The molecule has 20 heavy (non-hydrogen) atoms. The van der Waals surface area contributed by atoms with E-state index < -0.39 is 11.8 Å². The Labute approximate surface area is 123 Å². The van der Waals surface area contributed by atoms with Crippen LogP contribution in [0, 0.1) is 5.82 Å². The van der Waals surface area contributed by atoms with E-state index in [4.69, 9.17) is 15.6 Å². The van der Waals surface area contributed by atoms with Crippen LogP contribution in [0.1, 0.15) is 15.9 Å². The van der Waals surface area contributed by atoms with Gasteiger partial charge in [-0.25, -0.2) is 9.18 Å². The molecule has 0 fully saturated rings. The van der Waals surface area contributed by atoms with E-state index in [0.29, 0.717) is 0 Å². The van der Waals surface area contributed by atoms with Gasteiger partial charge in [0.2, 0.25) is 0 Å². The van der Waals surface area contributed by atoms with Crippen LogP contribution in [-0.4, -0.2) is 11.1 Å². The highest BCUT2D eigenvalue weighted by molar-refractivity contribution is 9.10. The zero-order valence-electron chi connectivity index (χ0n) is 10.3. The van der Waals surface area contributed by atoms with Crippen molar-refractivity contribution in [3.8, 4) is 5.75 Å². The van der Waals surface area contributed by atoms with E-state index in [1.807, 2.05) is 24.3 Å². The Balaban J connectivity index is 2.21. The Bertz CT molecular complexity index is 661. The number of carbonyl (C=O) groups is 1. The molecule has 104 valence electrons. The summed E-state index contributed by atoms with van der Waals surface area (Å²) in [5.41, 5.74) is 5.94. The van der Waals surface area contributed by atoms with E-state index >= 15 is 0 Å². The van der Waals surface area contributed by atoms with Crippen LogP contribution in [0.4, 0.5) is 10.1 Å². The predicted octanol–water partition coefficient (Wildman–Crippen LogP) is 3.45. The maximum absolute atomic E-state index is 13.7. The van der Waals surface area contributed by atoms with Crippen molar-refractivity contribution >= 4 is 27.6 Å². The largest absolute Gasteiger partial charge is 0.486 e. The number of ether oxygens (including phenoxy) is 1. The maximum Gasteiger partial charge on any atom is 0.337 e. The van der Waals surface area contributed by atoms with Gasteiger partial charge < -0.3 is 15.6 Å². The molecule has 3 N–H and O–H groups in total. The summed E-state index contributed by atoms with van der Waals surface area (Å²) in [5.74, 6) is -2.06. The van der Waals surface area contributed by atoms with E-state index in [0.717, 1.165) is 22.2 Å². The van der Waals surface area contributed by atoms with Crippen molar-refractivity contribution < 1.29 is 19.0 Å². The number of carboxylic acids is 1. The second-order valence-electron chi connectivity index (χ2n) is 4.09. The molecule has 4 nitrogen and oxygen atoms in total. The van der Waals surface area contributed by atoms with Crippen molar-refractivity contribution in [1.82, 2.24) is 0 Å². The molecule has 2 aromatic rings. The van der Waals surface area contributed by atoms with Crippen LogP contribution < -0.4 is 10.5 Å². The van der Waals surface area contributed by atoms with Gasteiger partial charge in [0, 0.05) is 16.2 Å². The van der Waals surface area contributed by atoms with Crippen LogP contribution in [0.3, 0.4) is 0 Å². The van der Waals surface area contributed by atoms with Gasteiger partial charge in [0.15, 0.2) is 11.6 Å². The Kier molecular flexibility index (Phi) is 4.24. The first kappa shape index (κ1) is 14.3. The standard InChI is InChI=1S/C14H11BrFNO3/c15-9-3-1-2-8(4-9)7-20-13-5-10(14(18)19)12(17)6-11(13)16/h1-6H,7,17H2,(H,18,19). The van der Waals surface area contributed by atoms with Crippen molar-refractivity contribution in [3.05, 3.63) is 57.8 Å². The van der Waals surface area contributed by atoms with Gasteiger partial charge in [-0.1, -0.05) is 28.1 Å². The molecule has 0 amide bonds. The maximum atomic E-state index is 13.7. The van der Waals surface area contributed by atoms with E-state index in [9.17, 15) is 9.18 Å². The Morgan fingerprint density at radius 2 is 2.10 bits per heavy atom. The van der Waals surface area contributed by atoms with Gasteiger partial charge in [0.25, 0.3) is 0 Å². The molecular formula is C14H11BrFNO3. The third kappa shape index (κ3) is 3.27. The second-order valence-corrected chi connectivity index (χ2v) is 5.01. The topological polar surface area (TPSA) is 72.5 Å². The lowest BCUT2D eigenvalue weighted by atomic mass is 10.1. The van der Waals surface area contributed by atoms with Crippen LogP contribution in [0.15, 0.2) is 40.9 Å². The third-order valence-electron chi connectivity index (χ3n) is 2.62. The minimum atomic E-state index is -1.23. The number of nitrogen functional groups attached to an aromatic ring is 1. The molecule has 0 bridgehead atoms. The molecular weight excluding hydrogens is 329 g/mol. The van der Waals surface area contributed by atoms with Crippen LogP contribution in [0.25, 0.3) is 0 Å². The number of nitrogens with two attached hydrogens (primary N) is 1. The quantitative estimate of drug-likeness (QED) is 0.837. The van der Waals surface area contributed by atoms with E-state index in [1.165, 1.54) is 0 Å². The highest BCUT2D eigenvalue weighted by Crippen LogP contribution is 2.25. The summed E-state index contributed by atoms with van der Waals surface area (Å²) in [4.78, 5) is 10.9. The Morgan fingerprint density at radius 3 is 2.75 bits per heavy atom. The number of anilines is 1. The summed E-state index contributed by atoms with van der Waals surface area (Å²) in [7, 11) is 0. The summed E-state index contributed by atoms with van der Waals surface area (Å²) in [6.07, 6.45) is 0. The summed E-state index contributed by atoms with van der Waals surface area (Å²) in [5, 5.41) is 8.94. The first-order chi connectivity index (χ1) is 9.47. The molecule has 0 unspecified atom stereocenters. The number of benzene rings is 2. The summed E-state index contributed by atoms with van der Waals surface area (Å²) in [6.45, 7) is 0.124. The molecule has 0 aliphatic carbocycles. The summed E-state index contributed by atoms with van der Waals surface area (Å²) < 4.78 is 19.9. The third-order valence-corrected chi connectivity index (χ3v) is 3.11. The molecule has 0 aliphatic rings. The predicted molar refractivity (Wildman–Crippen MR) is 76.2 cm³/mol. The zero-order chi connectivity index (χ0) is 14.7. The van der Waals surface area contributed by atoms with E-state index in [1.54, 1.807) is 0 Å². The fourth-order valence-corrected chi connectivity index (χ4v) is 2.10. The van der Waals surface area contributed by atoms with Gasteiger partial charge >= 0.3 is 5.97 Å². The molecule has 0 radical (unpaired) electrons. The van der Waals surface area contributed by atoms with Crippen molar-refractivity contribution in [2.24, 2.45) is 0 Å². The molecule has 0 atom stereocenters. The Morgan fingerprint density at radius 1 is 1.35 bits per heavy atom. The van der Waals surface area contributed by atoms with E-state index in [-0.39, 0.29) is 23.6 Å². The van der Waals surface area contributed by atoms with Gasteiger partial charge in [-0.3, -0.25) is 0 Å². The van der Waals surface area contributed by atoms with E-state index in [2.05, 4.69) is 15.9 Å². The molecule has 2 rings (SSSR count). The number of aromatic carboxylic acids is 1. The van der Waals surface area contributed by atoms with Gasteiger partial charge in [0.1, 0.15) is 6.61 Å². The fraction of sp³-hybridized carbons (Fsp3) is 0.0714. The normalized spacial score (nSPS) is 10.3. The number of carboxylic acid groups (broad SMARTS) is 1. The molecule has 0 saturated carbocycles. The minimum absolute atomic E-state index is 0.124. The van der Waals surface area contributed by atoms with Crippen LogP contribution in [0.5, 0.6) is 5.75 Å². The van der Waals surface area contributed by atoms with Crippen LogP contribution >= 0.6 is 15.9 Å². The molecule has 2 aromatic carbocycles. The van der Waals surface area contributed by atoms with Crippen molar-refractivity contribution in [3.63, 3.8) is 0 Å². The van der Waals surface area contributed by atoms with Gasteiger partial charge in [0.05, 0.1) is 5.56 Å². The van der Waals surface area contributed by atoms with Crippen molar-refractivity contribution in [1.29, 1.82) is 0 Å². The molecule has 0 aromatic heterocycles. The zero-order valence-corrected chi connectivity index (χ0v) is 11.9. The molecule has 0 spiro atoms. The molecule has 0 heterocycles. The lowest BCUT2D eigenvalue weighted by Crippen LogP contribution is -2.05. The monoisotopic (exact) mass is 339 g/mol. The number of hydrogen-bond acceptors (Lipinski definition) is 3. The minimum Gasteiger partial charge on any atom is -0.486 e.